The largest absolute Gasteiger partial charge is 0.490 e. The Morgan fingerprint density at radius 1 is 1.17 bits per heavy atom. The number of nitrogen functional groups attached to an aromatic ring is 1. The third kappa shape index (κ3) is 3.42. The number of nitrogens with two attached hydrogens (primary N) is 2. The zero-order valence-corrected chi connectivity index (χ0v) is 17.7. The van der Waals surface area contributed by atoms with Crippen LogP contribution in [-0.2, 0) is 10.3 Å². The van der Waals surface area contributed by atoms with E-state index in [0.717, 1.165) is 42.4 Å². The average molecular weight is 416 g/mol. The van der Waals surface area contributed by atoms with Crippen molar-refractivity contribution < 1.29 is 9.57 Å². The number of aromatic nitrogens is 2. The van der Waals surface area contributed by atoms with Crippen LogP contribution in [0.2, 0.25) is 5.02 Å². The lowest BCUT2D eigenvalue weighted by Gasteiger charge is -2.35. The highest BCUT2D eigenvalue weighted by Gasteiger charge is 2.42. The molecule has 2 aromatic rings. The van der Waals surface area contributed by atoms with E-state index in [1.54, 1.807) is 0 Å². The molecule has 1 saturated carbocycles. The van der Waals surface area contributed by atoms with Crippen LogP contribution in [0.25, 0.3) is 11.3 Å². The first-order chi connectivity index (χ1) is 13.8. The summed E-state index contributed by atoms with van der Waals surface area (Å²) >= 11 is 6.73. The lowest BCUT2D eigenvalue weighted by molar-refractivity contribution is 0.147. The second-order valence-electron chi connectivity index (χ2n) is 8.21. The van der Waals surface area contributed by atoms with Crippen molar-refractivity contribution in [3.05, 3.63) is 34.6 Å². The number of hydrogen-bond acceptors (Lipinski definition) is 7. The molecule has 4 N–H and O–H groups in total. The molecule has 1 heterocycles. The molecular formula is C21H26ClN5O2. The van der Waals surface area contributed by atoms with E-state index in [4.69, 9.17) is 32.6 Å². The van der Waals surface area contributed by atoms with Gasteiger partial charge in [-0.1, -0.05) is 16.8 Å². The Balaban J connectivity index is 1.84. The number of nitrogens with zero attached hydrogens (tertiary/aromatic N) is 3. The molecule has 0 atom stereocenters. The van der Waals surface area contributed by atoms with Crippen molar-refractivity contribution in [3.63, 3.8) is 0 Å². The standard InChI is InChI=1S/C21H26ClN5O2/c1-21(2)17-18(25-10-26-20(17)24)16-14(19(21)27-28-3)8-13(9-15(16)22)29-12-6-4-11(23)5-7-12/h8-12H,4-7,23H2,1-3H3,(H2,24,25,26)/b27-19+. The lowest BCUT2D eigenvalue weighted by atomic mass is 9.70. The summed E-state index contributed by atoms with van der Waals surface area (Å²) in [7, 11) is 1.52. The highest BCUT2D eigenvalue weighted by Crippen LogP contribution is 2.48. The molecule has 0 spiro atoms. The molecule has 0 saturated heterocycles. The summed E-state index contributed by atoms with van der Waals surface area (Å²) in [6.45, 7) is 4.05. The molecule has 1 fully saturated rings. The van der Waals surface area contributed by atoms with Crippen molar-refractivity contribution in [2.24, 2.45) is 10.9 Å². The molecule has 8 heteroatoms. The van der Waals surface area contributed by atoms with Crippen LogP contribution in [0, 0.1) is 0 Å². The zero-order valence-electron chi connectivity index (χ0n) is 16.9. The van der Waals surface area contributed by atoms with Gasteiger partial charge in [-0.2, -0.15) is 0 Å². The lowest BCUT2D eigenvalue weighted by Crippen LogP contribution is -2.36. The minimum atomic E-state index is -0.566. The van der Waals surface area contributed by atoms with Gasteiger partial charge in [0.15, 0.2) is 0 Å². The Bertz CT molecular complexity index is 968. The number of halogens is 1. The van der Waals surface area contributed by atoms with E-state index in [0.29, 0.717) is 28.0 Å². The Labute approximate surface area is 175 Å². The van der Waals surface area contributed by atoms with Gasteiger partial charge in [-0.3, -0.25) is 0 Å². The molecule has 0 amide bonds. The molecule has 7 nitrogen and oxygen atoms in total. The van der Waals surface area contributed by atoms with Gasteiger partial charge in [-0.05, 0) is 51.7 Å². The third-order valence-corrected chi connectivity index (χ3v) is 6.15. The zero-order chi connectivity index (χ0) is 20.8. The fraction of sp³-hybridized carbons (Fsp3) is 0.476. The Morgan fingerprint density at radius 3 is 2.59 bits per heavy atom. The number of hydrogen-bond donors (Lipinski definition) is 2. The molecule has 0 unspecified atom stereocenters. The first kappa shape index (κ1) is 19.9. The van der Waals surface area contributed by atoms with Crippen molar-refractivity contribution in [3.8, 4) is 17.0 Å². The number of rotatable bonds is 3. The number of oxime groups is 1. The summed E-state index contributed by atoms with van der Waals surface area (Å²) in [4.78, 5) is 13.9. The van der Waals surface area contributed by atoms with Gasteiger partial charge in [-0.15, -0.1) is 0 Å². The van der Waals surface area contributed by atoms with E-state index in [2.05, 4.69) is 15.1 Å². The van der Waals surface area contributed by atoms with Gasteiger partial charge in [-0.25, -0.2) is 9.97 Å². The maximum absolute atomic E-state index is 6.73. The van der Waals surface area contributed by atoms with Crippen molar-refractivity contribution in [1.82, 2.24) is 9.97 Å². The van der Waals surface area contributed by atoms with Crippen LogP contribution in [0.5, 0.6) is 5.75 Å². The van der Waals surface area contributed by atoms with Crippen LogP contribution in [0.15, 0.2) is 23.6 Å². The first-order valence-electron chi connectivity index (χ1n) is 9.82. The van der Waals surface area contributed by atoms with Gasteiger partial charge >= 0.3 is 0 Å². The van der Waals surface area contributed by atoms with Crippen molar-refractivity contribution >= 4 is 23.1 Å². The molecule has 154 valence electrons. The van der Waals surface area contributed by atoms with Gasteiger partial charge in [0.1, 0.15) is 25.0 Å². The van der Waals surface area contributed by atoms with Gasteiger partial charge in [0.05, 0.1) is 22.5 Å². The molecule has 1 aromatic carbocycles. The summed E-state index contributed by atoms with van der Waals surface area (Å²) < 4.78 is 6.26. The third-order valence-electron chi connectivity index (χ3n) is 5.85. The molecule has 0 aliphatic heterocycles. The minimum absolute atomic E-state index is 0.133. The highest BCUT2D eigenvalue weighted by molar-refractivity contribution is 6.35. The van der Waals surface area contributed by atoms with E-state index in [1.165, 1.54) is 13.4 Å². The van der Waals surface area contributed by atoms with Crippen molar-refractivity contribution in [1.29, 1.82) is 0 Å². The first-order valence-corrected chi connectivity index (χ1v) is 10.2. The fourth-order valence-corrected chi connectivity index (χ4v) is 4.69. The summed E-state index contributed by atoms with van der Waals surface area (Å²) in [5.41, 5.74) is 15.5. The van der Waals surface area contributed by atoms with Crippen molar-refractivity contribution in [2.75, 3.05) is 12.8 Å². The van der Waals surface area contributed by atoms with Crippen LogP contribution >= 0.6 is 11.6 Å². The van der Waals surface area contributed by atoms with Gasteiger partial charge < -0.3 is 21.0 Å². The van der Waals surface area contributed by atoms with E-state index < -0.39 is 5.41 Å². The van der Waals surface area contributed by atoms with E-state index >= 15 is 0 Å². The van der Waals surface area contributed by atoms with Gasteiger partial charge in [0.25, 0.3) is 0 Å². The van der Waals surface area contributed by atoms with Gasteiger partial charge in [0.2, 0.25) is 0 Å². The molecule has 0 radical (unpaired) electrons. The second-order valence-corrected chi connectivity index (χ2v) is 8.62. The molecule has 0 bridgehead atoms. The molecule has 2 aliphatic rings. The Kier molecular flexibility index (Phi) is 5.12. The Hall–Kier alpha value is -2.38. The van der Waals surface area contributed by atoms with E-state index in [1.807, 2.05) is 26.0 Å². The van der Waals surface area contributed by atoms with Crippen LogP contribution in [-0.4, -0.2) is 34.9 Å². The van der Waals surface area contributed by atoms with Crippen LogP contribution in [0.1, 0.15) is 50.7 Å². The monoisotopic (exact) mass is 415 g/mol. The normalized spacial score (nSPS) is 24.0. The molecule has 29 heavy (non-hydrogen) atoms. The van der Waals surface area contributed by atoms with Crippen LogP contribution in [0.3, 0.4) is 0 Å². The summed E-state index contributed by atoms with van der Waals surface area (Å²) in [5.74, 6) is 1.11. The Morgan fingerprint density at radius 2 is 1.90 bits per heavy atom. The number of benzene rings is 1. The SMILES string of the molecule is CO/N=C1\c2cc(OC3CCC(N)CC3)cc(Cl)c2-c2ncnc(N)c2C1(C)C. The molecular weight excluding hydrogens is 390 g/mol. The van der Waals surface area contributed by atoms with E-state index in [-0.39, 0.29) is 12.1 Å². The average Bonchev–Trinajstić information content (AvgIpc) is 2.66. The maximum atomic E-state index is 6.73. The van der Waals surface area contributed by atoms with Crippen LogP contribution in [0.4, 0.5) is 5.82 Å². The smallest absolute Gasteiger partial charge is 0.131 e. The number of fused-ring (bicyclic) bond motifs is 3. The molecule has 1 aromatic heterocycles. The van der Waals surface area contributed by atoms with Gasteiger partial charge in [0, 0.05) is 28.1 Å². The molecule has 2 aliphatic carbocycles. The fourth-order valence-electron chi connectivity index (χ4n) is 4.39. The minimum Gasteiger partial charge on any atom is -0.490 e. The summed E-state index contributed by atoms with van der Waals surface area (Å²) in [6.07, 6.45) is 5.40. The highest BCUT2D eigenvalue weighted by atomic mass is 35.5. The second kappa shape index (κ2) is 7.46. The quantitative estimate of drug-likeness (QED) is 0.740. The summed E-state index contributed by atoms with van der Waals surface area (Å²) in [5, 5.41) is 4.86. The number of anilines is 1. The maximum Gasteiger partial charge on any atom is 0.131 e. The topological polar surface area (TPSA) is 109 Å². The van der Waals surface area contributed by atoms with Crippen LogP contribution < -0.4 is 16.2 Å². The summed E-state index contributed by atoms with van der Waals surface area (Å²) in [6, 6.07) is 4.07. The van der Waals surface area contributed by atoms with E-state index in [9.17, 15) is 0 Å². The predicted octanol–water partition coefficient (Wildman–Crippen LogP) is 3.67. The number of ether oxygens (including phenoxy) is 1. The molecule has 4 rings (SSSR count). The van der Waals surface area contributed by atoms with Crippen molar-refractivity contribution in [2.45, 2.75) is 57.1 Å². The predicted molar refractivity (Wildman–Crippen MR) is 114 cm³/mol.